The van der Waals surface area contributed by atoms with Crippen LogP contribution in [0.4, 0.5) is 0 Å². The van der Waals surface area contributed by atoms with Gasteiger partial charge in [-0.25, -0.2) is 0 Å². The van der Waals surface area contributed by atoms with E-state index >= 15 is 0 Å². The first-order valence-electron chi connectivity index (χ1n) is 14.2. The highest BCUT2D eigenvalue weighted by atomic mass is 28.3. The average Bonchev–Trinajstić information content (AvgIpc) is 2.75. The van der Waals surface area contributed by atoms with E-state index in [4.69, 9.17) is 0 Å². The SMILES string of the molecule is CCCC#C[Si](CCCCCCCC)(CCCCCCCC)CCCCCCCC. The summed E-state index contributed by atoms with van der Waals surface area (Å²) in [7, 11) is -1.40. The molecule has 0 aromatic heterocycles. The van der Waals surface area contributed by atoms with Crippen LogP contribution in [-0.2, 0) is 0 Å². The van der Waals surface area contributed by atoms with E-state index in [1.165, 1.54) is 140 Å². The van der Waals surface area contributed by atoms with E-state index in [-0.39, 0.29) is 0 Å². The van der Waals surface area contributed by atoms with E-state index in [2.05, 4.69) is 39.2 Å². The molecule has 0 nitrogen and oxygen atoms in total. The topological polar surface area (TPSA) is 0 Å². The first-order valence-corrected chi connectivity index (χ1v) is 16.9. The second-order valence-corrected chi connectivity index (χ2v) is 14.2. The largest absolute Gasteiger partial charge is 0.138 e. The first kappa shape index (κ1) is 29.8. The van der Waals surface area contributed by atoms with E-state index in [0.717, 1.165) is 6.42 Å². The van der Waals surface area contributed by atoms with Crippen LogP contribution in [0.2, 0.25) is 18.1 Å². The molecule has 0 spiro atoms. The Morgan fingerprint density at radius 2 is 0.733 bits per heavy atom. The fourth-order valence-electron chi connectivity index (χ4n) is 4.67. The summed E-state index contributed by atoms with van der Waals surface area (Å²) >= 11 is 0. The maximum absolute atomic E-state index is 4.03. The zero-order chi connectivity index (χ0) is 22.2. The fraction of sp³-hybridized carbons (Fsp3) is 0.931. The Morgan fingerprint density at radius 1 is 0.400 bits per heavy atom. The molecule has 1 heteroatoms. The quantitative estimate of drug-likeness (QED) is 0.0902. The van der Waals surface area contributed by atoms with Crippen molar-refractivity contribution in [1.82, 2.24) is 0 Å². The average molecular weight is 435 g/mol. The summed E-state index contributed by atoms with van der Waals surface area (Å²) in [6.07, 6.45) is 28.1. The lowest BCUT2D eigenvalue weighted by Gasteiger charge is -2.27. The fourth-order valence-corrected chi connectivity index (χ4v) is 9.07. The maximum atomic E-state index is 4.03. The summed E-state index contributed by atoms with van der Waals surface area (Å²) in [5.41, 5.74) is 4.03. The molecule has 0 aromatic rings. The monoisotopic (exact) mass is 434 g/mol. The number of hydrogen-bond donors (Lipinski definition) is 0. The molecule has 0 saturated heterocycles. The van der Waals surface area contributed by atoms with Crippen LogP contribution < -0.4 is 0 Å². The van der Waals surface area contributed by atoms with Crippen LogP contribution >= 0.6 is 0 Å². The van der Waals surface area contributed by atoms with Gasteiger partial charge < -0.3 is 0 Å². The molecule has 0 N–H and O–H groups in total. The minimum atomic E-state index is -1.40. The Kier molecular flexibility index (Phi) is 23.3. The van der Waals surface area contributed by atoms with Crippen LogP contribution in [0.5, 0.6) is 0 Å². The van der Waals surface area contributed by atoms with Crippen molar-refractivity contribution in [2.75, 3.05) is 0 Å². The lowest BCUT2D eigenvalue weighted by atomic mass is 10.1. The molecule has 0 amide bonds. The molecule has 0 rings (SSSR count). The van der Waals surface area contributed by atoms with E-state index in [1.807, 2.05) is 0 Å². The van der Waals surface area contributed by atoms with Crippen molar-refractivity contribution < 1.29 is 0 Å². The molecule has 30 heavy (non-hydrogen) atoms. The maximum Gasteiger partial charge on any atom is 0.138 e. The van der Waals surface area contributed by atoms with Gasteiger partial charge in [-0.3, -0.25) is 0 Å². The van der Waals surface area contributed by atoms with Gasteiger partial charge in [0.15, 0.2) is 0 Å². The first-order chi connectivity index (χ1) is 14.7. The van der Waals surface area contributed by atoms with Gasteiger partial charge in [-0.15, -0.1) is 11.5 Å². The summed E-state index contributed by atoms with van der Waals surface area (Å²) in [6, 6.07) is 4.50. The van der Waals surface area contributed by atoms with Crippen LogP contribution in [-0.4, -0.2) is 8.07 Å². The van der Waals surface area contributed by atoms with Crippen LogP contribution in [0.15, 0.2) is 0 Å². The molecule has 0 aliphatic rings. The molecule has 0 heterocycles. The normalized spacial score (nSPS) is 11.5. The molecule has 0 fully saturated rings. The van der Waals surface area contributed by atoms with Crippen molar-refractivity contribution in [3.8, 4) is 11.5 Å². The van der Waals surface area contributed by atoms with Crippen LogP contribution in [0.1, 0.15) is 156 Å². The molecule has 0 unspecified atom stereocenters. The molecule has 0 aliphatic carbocycles. The molecular weight excluding hydrogens is 376 g/mol. The predicted octanol–water partition coefficient (Wildman–Crippen LogP) is 10.9. The van der Waals surface area contributed by atoms with Crippen molar-refractivity contribution in [3.63, 3.8) is 0 Å². The number of unbranched alkanes of at least 4 members (excludes halogenated alkanes) is 16. The van der Waals surface area contributed by atoms with Gasteiger partial charge in [0, 0.05) is 6.42 Å². The molecule has 0 aromatic carbocycles. The van der Waals surface area contributed by atoms with Crippen molar-refractivity contribution in [2.24, 2.45) is 0 Å². The third kappa shape index (κ3) is 18.5. The summed E-state index contributed by atoms with van der Waals surface area (Å²) in [5.74, 6) is 3.67. The van der Waals surface area contributed by atoms with Gasteiger partial charge in [0.05, 0.1) is 0 Å². The molecule has 178 valence electrons. The lowest BCUT2D eigenvalue weighted by molar-refractivity contribution is 0.608. The summed E-state index contributed by atoms with van der Waals surface area (Å²) in [4.78, 5) is 0. The van der Waals surface area contributed by atoms with Crippen molar-refractivity contribution in [1.29, 1.82) is 0 Å². The lowest BCUT2D eigenvalue weighted by Crippen LogP contribution is -2.32. The Labute approximate surface area is 193 Å². The van der Waals surface area contributed by atoms with Crippen LogP contribution in [0.3, 0.4) is 0 Å². The highest BCUT2D eigenvalue weighted by Gasteiger charge is 2.29. The van der Waals surface area contributed by atoms with Crippen LogP contribution in [0.25, 0.3) is 0 Å². The van der Waals surface area contributed by atoms with E-state index in [0.29, 0.717) is 0 Å². The Morgan fingerprint density at radius 3 is 1.07 bits per heavy atom. The third-order valence-corrected chi connectivity index (χ3v) is 11.4. The zero-order valence-corrected chi connectivity index (χ0v) is 22.8. The number of rotatable bonds is 22. The van der Waals surface area contributed by atoms with Crippen molar-refractivity contribution in [2.45, 2.75) is 174 Å². The van der Waals surface area contributed by atoms with E-state index in [9.17, 15) is 0 Å². The standard InChI is InChI=1S/C29H58Si/c1-5-9-13-16-19-23-27-30(26-22-12-8-4,28-24-20-17-14-10-6-2)29-25-21-18-15-11-7-3/h5-21,23-25,27-29H2,1-4H3. The van der Waals surface area contributed by atoms with E-state index < -0.39 is 8.07 Å². The summed E-state index contributed by atoms with van der Waals surface area (Å²) in [5, 5.41) is 0. The van der Waals surface area contributed by atoms with Gasteiger partial charge in [-0.2, -0.15) is 0 Å². The molecule has 0 saturated carbocycles. The Bertz CT molecular complexity index is 348. The van der Waals surface area contributed by atoms with Crippen molar-refractivity contribution in [3.05, 3.63) is 0 Å². The number of hydrogen-bond acceptors (Lipinski definition) is 0. The van der Waals surface area contributed by atoms with Gasteiger partial charge in [-0.05, 0) is 24.6 Å². The van der Waals surface area contributed by atoms with Gasteiger partial charge in [0.1, 0.15) is 8.07 Å². The van der Waals surface area contributed by atoms with Gasteiger partial charge >= 0.3 is 0 Å². The molecule has 0 aliphatic heterocycles. The molecular formula is C29H58Si. The van der Waals surface area contributed by atoms with Crippen molar-refractivity contribution >= 4 is 8.07 Å². The van der Waals surface area contributed by atoms with Gasteiger partial charge in [0.2, 0.25) is 0 Å². The van der Waals surface area contributed by atoms with Gasteiger partial charge in [-0.1, -0.05) is 143 Å². The second kappa shape index (κ2) is 23.4. The zero-order valence-electron chi connectivity index (χ0n) is 21.8. The minimum absolute atomic E-state index is 1.12. The third-order valence-electron chi connectivity index (χ3n) is 6.76. The highest BCUT2D eigenvalue weighted by molar-refractivity contribution is 6.87. The minimum Gasteiger partial charge on any atom is -0.131 e. The second-order valence-electron chi connectivity index (χ2n) is 9.89. The summed E-state index contributed by atoms with van der Waals surface area (Å²) < 4.78 is 0. The Balaban J connectivity index is 4.73. The highest BCUT2D eigenvalue weighted by Crippen LogP contribution is 2.29. The predicted molar refractivity (Wildman–Crippen MR) is 143 cm³/mol. The van der Waals surface area contributed by atoms with Crippen LogP contribution in [0, 0.1) is 11.5 Å². The smallest absolute Gasteiger partial charge is 0.131 e. The molecule has 0 atom stereocenters. The van der Waals surface area contributed by atoms with E-state index in [1.54, 1.807) is 0 Å². The Hall–Kier alpha value is -0.223. The summed E-state index contributed by atoms with van der Waals surface area (Å²) in [6.45, 7) is 9.25. The van der Waals surface area contributed by atoms with Gasteiger partial charge in [0.25, 0.3) is 0 Å². The molecule has 0 bridgehead atoms. The molecule has 0 radical (unpaired) electrons.